The van der Waals surface area contributed by atoms with Crippen LogP contribution in [0, 0.1) is 5.92 Å². The van der Waals surface area contributed by atoms with Gasteiger partial charge >= 0.3 is 0 Å². The van der Waals surface area contributed by atoms with Crippen molar-refractivity contribution >= 4 is 0 Å². The third-order valence-electron chi connectivity index (χ3n) is 3.77. The maximum absolute atomic E-state index is 5.76. The molecular formula is C11H22N2. The molecule has 0 saturated heterocycles. The Bertz CT molecular complexity index is 152. The minimum atomic E-state index is 0.744. The summed E-state index contributed by atoms with van der Waals surface area (Å²) in [6, 6.07) is 1.56. The van der Waals surface area contributed by atoms with E-state index in [2.05, 4.69) is 5.32 Å². The van der Waals surface area contributed by atoms with E-state index >= 15 is 0 Å². The maximum atomic E-state index is 5.76. The van der Waals surface area contributed by atoms with Gasteiger partial charge in [0.2, 0.25) is 0 Å². The zero-order valence-electron chi connectivity index (χ0n) is 8.47. The van der Waals surface area contributed by atoms with Crippen LogP contribution in [0.5, 0.6) is 0 Å². The summed E-state index contributed by atoms with van der Waals surface area (Å²) in [4.78, 5) is 0. The van der Waals surface area contributed by atoms with Gasteiger partial charge in [-0.05, 0) is 38.1 Å². The molecule has 0 heterocycles. The van der Waals surface area contributed by atoms with Gasteiger partial charge in [0.15, 0.2) is 0 Å². The second-order valence-electron chi connectivity index (χ2n) is 4.68. The summed E-state index contributed by atoms with van der Waals surface area (Å²) in [7, 11) is 0. The van der Waals surface area contributed by atoms with E-state index in [0.29, 0.717) is 0 Å². The van der Waals surface area contributed by atoms with E-state index in [1.165, 1.54) is 44.9 Å². The molecule has 2 nitrogen and oxygen atoms in total. The van der Waals surface area contributed by atoms with Crippen molar-refractivity contribution < 1.29 is 0 Å². The zero-order chi connectivity index (χ0) is 9.10. The molecule has 0 spiro atoms. The van der Waals surface area contributed by atoms with Crippen LogP contribution in [-0.2, 0) is 0 Å². The summed E-state index contributed by atoms with van der Waals surface area (Å²) < 4.78 is 0. The Kier molecular flexibility index (Phi) is 3.23. The van der Waals surface area contributed by atoms with E-state index < -0.39 is 0 Å². The van der Waals surface area contributed by atoms with Crippen LogP contribution in [0.25, 0.3) is 0 Å². The molecule has 0 aromatic carbocycles. The molecule has 2 aliphatic rings. The molecule has 0 bridgehead atoms. The zero-order valence-corrected chi connectivity index (χ0v) is 8.47. The average Bonchev–Trinajstić information content (AvgIpc) is 2.76. The molecule has 2 saturated carbocycles. The van der Waals surface area contributed by atoms with Gasteiger partial charge in [0, 0.05) is 12.1 Å². The van der Waals surface area contributed by atoms with Gasteiger partial charge in [-0.1, -0.05) is 19.3 Å². The minimum absolute atomic E-state index is 0.744. The number of nitrogens with two attached hydrogens (primary N) is 1. The molecule has 2 rings (SSSR count). The van der Waals surface area contributed by atoms with E-state index in [1.807, 2.05) is 0 Å². The van der Waals surface area contributed by atoms with Gasteiger partial charge in [-0.3, -0.25) is 0 Å². The van der Waals surface area contributed by atoms with Gasteiger partial charge in [-0.15, -0.1) is 0 Å². The highest BCUT2D eigenvalue weighted by Crippen LogP contribution is 2.27. The maximum Gasteiger partial charge on any atom is 0.0110 e. The van der Waals surface area contributed by atoms with E-state index in [4.69, 9.17) is 5.73 Å². The van der Waals surface area contributed by atoms with Gasteiger partial charge in [0.05, 0.1) is 0 Å². The van der Waals surface area contributed by atoms with Crippen molar-refractivity contribution in [2.24, 2.45) is 11.7 Å². The number of rotatable bonds is 3. The van der Waals surface area contributed by atoms with Crippen LogP contribution in [0.15, 0.2) is 0 Å². The Morgan fingerprint density at radius 2 is 1.77 bits per heavy atom. The average molecular weight is 182 g/mol. The standard InChI is InChI=1S/C11H22N2/c12-8-9-4-3-7-11(9)13-10-5-1-2-6-10/h9-11,13H,1-8,12H2. The van der Waals surface area contributed by atoms with E-state index in [-0.39, 0.29) is 0 Å². The lowest BCUT2D eigenvalue weighted by Gasteiger charge is -2.23. The SMILES string of the molecule is NCC1CCCC1NC1CCCC1. The van der Waals surface area contributed by atoms with Crippen LogP contribution in [0.2, 0.25) is 0 Å². The molecule has 0 radical (unpaired) electrons. The van der Waals surface area contributed by atoms with Crippen molar-refractivity contribution in [3.8, 4) is 0 Å². The third-order valence-corrected chi connectivity index (χ3v) is 3.77. The normalized spacial score (nSPS) is 35.8. The van der Waals surface area contributed by atoms with Crippen molar-refractivity contribution in [1.82, 2.24) is 5.32 Å². The van der Waals surface area contributed by atoms with Crippen molar-refractivity contribution in [2.75, 3.05) is 6.54 Å². The molecular weight excluding hydrogens is 160 g/mol. The predicted molar refractivity (Wildman–Crippen MR) is 55.6 cm³/mol. The monoisotopic (exact) mass is 182 g/mol. The van der Waals surface area contributed by atoms with Crippen LogP contribution in [0.3, 0.4) is 0 Å². The quantitative estimate of drug-likeness (QED) is 0.696. The lowest BCUT2D eigenvalue weighted by atomic mass is 10.0. The van der Waals surface area contributed by atoms with E-state index in [9.17, 15) is 0 Å². The molecule has 2 unspecified atom stereocenters. The Morgan fingerprint density at radius 1 is 1.00 bits per heavy atom. The molecule has 0 aromatic rings. The van der Waals surface area contributed by atoms with Gasteiger partial charge in [-0.2, -0.15) is 0 Å². The summed E-state index contributed by atoms with van der Waals surface area (Å²) in [5.41, 5.74) is 5.76. The second-order valence-corrected chi connectivity index (χ2v) is 4.68. The highest BCUT2D eigenvalue weighted by atomic mass is 15.0. The molecule has 3 N–H and O–H groups in total. The summed E-state index contributed by atoms with van der Waals surface area (Å²) in [5, 5.41) is 3.80. The fourth-order valence-electron chi connectivity index (χ4n) is 2.93. The molecule has 2 atom stereocenters. The topological polar surface area (TPSA) is 38.0 Å². The van der Waals surface area contributed by atoms with Crippen molar-refractivity contribution in [2.45, 2.75) is 57.0 Å². The lowest BCUT2D eigenvalue weighted by Crippen LogP contribution is -2.41. The number of nitrogens with one attached hydrogen (secondary N) is 1. The predicted octanol–water partition coefficient (Wildman–Crippen LogP) is 1.65. The molecule has 13 heavy (non-hydrogen) atoms. The molecule has 0 aliphatic heterocycles. The first kappa shape index (κ1) is 9.47. The molecule has 2 aliphatic carbocycles. The minimum Gasteiger partial charge on any atom is -0.330 e. The molecule has 2 heteroatoms. The number of hydrogen-bond acceptors (Lipinski definition) is 2. The van der Waals surface area contributed by atoms with Crippen molar-refractivity contribution in [1.29, 1.82) is 0 Å². The largest absolute Gasteiger partial charge is 0.330 e. The first-order chi connectivity index (χ1) is 6.40. The molecule has 76 valence electrons. The summed E-state index contributed by atoms with van der Waals surface area (Å²) in [5.74, 6) is 0.764. The first-order valence-corrected chi connectivity index (χ1v) is 5.86. The van der Waals surface area contributed by atoms with Gasteiger partial charge < -0.3 is 11.1 Å². The van der Waals surface area contributed by atoms with Crippen LogP contribution in [0.4, 0.5) is 0 Å². The highest BCUT2D eigenvalue weighted by molar-refractivity contribution is 4.87. The summed E-state index contributed by atoms with van der Waals surface area (Å²) in [6.45, 7) is 0.879. The van der Waals surface area contributed by atoms with Crippen LogP contribution in [0.1, 0.15) is 44.9 Å². The fraction of sp³-hybridized carbons (Fsp3) is 1.00. The third kappa shape index (κ3) is 2.23. The van der Waals surface area contributed by atoms with Gasteiger partial charge in [0.25, 0.3) is 0 Å². The van der Waals surface area contributed by atoms with Gasteiger partial charge in [-0.25, -0.2) is 0 Å². The van der Waals surface area contributed by atoms with Crippen LogP contribution in [-0.4, -0.2) is 18.6 Å². The fourth-order valence-corrected chi connectivity index (χ4v) is 2.93. The van der Waals surface area contributed by atoms with E-state index in [0.717, 1.165) is 24.5 Å². The Balaban J connectivity index is 1.79. The Morgan fingerprint density at radius 3 is 2.46 bits per heavy atom. The lowest BCUT2D eigenvalue weighted by molar-refractivity contribution is 0.361. The van der Waals surface area contributed by atoms with Gasteiger partial charge in [0.1, 0.15) is 0 Å². The summed E-state index contributed by atoms with van der Waals surface area (Å²) >= 11 is 0. The molecule has 0 amide bonds. The van der Waals surface area contributed by atoms with Crippen LogP contribution >= 0.6 is 0 Å². The van der Waals surface area contributed by atoms with E-state index in [1.54, 1.807) is 0 Å². The Labute approximate surface area is 81.3 Å². The molecule has 2 fully saturated rings. The first-order valence-electron chi connectivity index (χ1n) is 5.86. The summed E-state index contributed by atoms with van der Waals surface area (Å²) in [6.07, 6.45) is 9.74. The van der Waals surface area contributed by atoms with Crippen molar-refractivity contribution in [3.05, 3.63) is 0 Å². The number of hydrogen-bond donors (Lipinski definition) is 2. The molecule has 0 aromatic heterocycles. The highest BCUT2D eigenvalue weighted by Gasteiger charge is 2.28. The smallest absolute Gasteiger partial charge is 0.0110 e. The van der Waals surface area contributed by atoms with Crippen molar-refractivity contribution in [3.63, 3.8) is 0 Å². The second kappa shape index (κ2) is 4.43. The Hall–Kier alpha value is -0.0800. The van der Waals surface area contributed by atoms with Crippen LogP contribution < -0.4 is 11.1 Å².